The second-order valence-corrected chi connectivity index (χ2v) is 5.45. The second kappa shape index (κ2) is 7.08. The number of rotatable bonds is 6. The Morgan fingerprint density at radius 2 is 2.19 bits per heavy atom. The number of nitrogens with zero attached hydrogens (tertiary/aromatic N) is 1. The average molecular weight is 305 g/mol. The monoisotopic (exact) mass is 305 g/mol. The van der Waals surface area contributed by atoms with E-state index in [2.05, 4.69) is 15.6 Å². The molecule has 0 saturated heterocycles. The highest BCUT2D eigenvalue weighted by Crippen LogP contribution is 2.24. The minimum Gasteiger partial charge on any atom is -0.495 e. The smallest absolute Gasteiger partial charge is 0.248 e. The zero-order valence-electron chi connectivity index (χ0n) is 12.3. The van der Waals surface area contributed by atoms with Crippen molar-refractivity contribution >= 4 is 28.1 Å². The summed E-state index contributed by atoms with van der Waals surface area (Å²) in [6, 6.07) is 7.20. The SMILES string of the molecule is CC[C@@H](Nc1ccccc1OC)C(=O)Nc1nc(C)cs1. The van der Waals surface area contributed by atoms with Gasteiger partial charge < -0.3 is 15.4 Å². The minimum atomic E-state index is -0.342. The Labute approximate surface area is 128 Å². The summed E-state index contributed by atoms with van der Waals surface area (Å²) in [4.78, 5) is 16.6. The van der Waals surface area contributed by atoms with Crippen molar-refractivity contribution < 1.29 is 9.53 Å². The van der Waals surface area contributed by atoms with Gasteiger partial charge >= 0.3 is 0 Å². The van der Waals surface area contributed by atoms with Crippen molar-refractivity contribution in [3.63, 3.8) is 0 Å². The average Bonchev–Trinajstić information content (AvgIpc) is 2.90. The van der Waals surface area contributed by atoms with Gasteiger partial charge in [-0.15, -0.1) is 11.3 Å². The van der Waals surface area contributed by atoms with Crippen molar-refractivity contribution in [3.8, 4) is 5.75 Å². The van der Waals surface area contributed by atoms with E-state index in [0.717, 1.165) is 11.4 Å². The fourth-order valence-corrected chi connectivity index (χ4v) is 2.60. The van der Waals surface area contributed by atoms with Gasteiger partial charge in [-0.25, -0.2) is 4.98 Å². The number of nitrogens with one attached hydrogen (secondary N) is 2. The molecule has 0 unspecified atom stereocenters. The predicted octanol–water partition coefficient (Wildman–Crippen LogP) is 3.29. The summed E-state index contributed by atoms with van der Waals surface area (Å²) in [5, 5.41) is 8.58. The number of anilines is 2. The number of aryl methyl sites for hydroxylation is 1. The van der Waals surface area contributed by atoms with Crippen LogP contribution >= 0.6 is 11.3 Å². The number of amides is 1. The first-order valence-electron chi connectivity index (χ1n) is 6.76. The topological polar surface area (TPSA) is 63.2 Å². The Morgan fingerprint density at radius 1 is 1.43 bits per heavy atom. The van der Waals surface area contributed by atoms with Crippen LogP contribution < -0.4 is 15.4 Å². The maximum atomic E-state index is 12.3. The Hall–Kier alpha value is -2.08. The van der Waals surface area contributed by atoms with E-state index >= 15 is 0 Å². The van der Waals surface area contributed by atoms with Crippen LogP contribution in [0.25, 0.3) is 0 Å². The first-order valence-corrected chi connectivity index (χ1v) is 7.64. The third-order valence-corrected chi connectivity index (χ3v) is 3.89. The van der Waals surface area contributed by atoms with E-state index in [1.54, 1.807) is 7.11 Å². The highest BCUT2D eigenvalue weighted by molar-refractivity contribution is 7.13. The molecule has 0 bridgehead atoms. The van der Waals surface area contributed by atoms with Crippen molar-refractivity contribution in [2.45, 2.75) is 26.3 Å². The molecule has 2 rings (SSSR count). The number of carbonyl (C=O) groups excluding carboxylic acids is 1. The van der Waals surface area contributed by atoms with Gasteiger partial charge in [0.25, 0.3) is 0 Å². The van der Waals surface area contributed by atoms with E-state index in [9.17, 15) is 4.79 Å². The molecule has 2 N–H and O–H groups in total. The number of benzene rings is 1. The largest absolute Gasteiger partial charge is 0.495 e. The first kappa shape index (κ1) is 15.3. The van der Waals surface area contributed by atoms with E-state index in [1.165, 1.54) is 11.3 Å². The van der Waals surface area contributed by atoms with Crippen molar-refractivity contribution in [2.75, 3.05) is 17.7 Å². The third-order valence-electron chi connectivity index (χ3n) is 3.01. The van der Waals surface area contributed by atoms with Gasteiger partial charge in [0.05, 0.1) is 18.5 Å². The fourth-order valence-electron chi connectivity index (χ4n) is 1.91. The third kappa shape index (κ3) is 3.95. The number of hydrogen-bond donors (Lipinski definition) is 2. The van der Waals surface area contributed by atoms with Crippen LogP contribution in [0.4, 0.5) is 10.8 Å². The molecule has 0 aliphatic heterocycles. The Bertz CT molecular complexity index is 612. The molecule has 6 heteroatoms. The van der Waals surface area contributed by atoms with E-state index in [-0.39, 0.29) is 11.9 Å². The van der Waals surface area contributed by atoms with Crippen molar-refractivity contribution in [1.82, 2.24) is 4.98 Å². The number of hydrogen-bond acceptors (Lipinski definition) is 5. The molecule has 0 saturated carbocycles. The van der Waals surface area contributed by atoms with Crippen LogP contribution in [0.15, 0.2) is 29.6 Å². The summed E-state index contributed by atoms with van der Waals surface area (Å²) in [6.45, 7) is 3.86. The fraction of sp³-hybridized carbons (Fsp3) is 0.333. The highest BCUT2D eigenvalue weighted by Gasteiger charge is 2.18. The molecule has 1 heterocycles. The van der Waals surface area contributed by atoms with Gasteiger partial charge in [-0.2, -0.15) is 0 Å². The van der Waals surface area contributed by atoms with Crippen LogP contribution in [0.1, 0.15) is 19.0 Å². The van der Waals surface area contributed by atoms with Crippen LogP contribution in [-0.4, -0.2) is 24.0 Å². The predicted molar refractivity (Wildman–Crippen MR) is 86.2 cm³/mol. The number of aromatic nitrogens is 1. The molecule has 112 valence electrons. The normalized spacial score (nSPS) is 11.8. The minimum absolute atomic E-state index is 0.0993. The van der Waals surface area contributed by atoms with Crippen LogP contribution in [0.2, 0.25) is 0 Å². The summed E-state index contributed by atoms with van der Waals surface area (Å²) in [5.74, 6) is 0.617. The lowest BCUT2D eigenvalue weighted by Gasteiger charge is -2.18. The van der Waals surface area contributed by atoms with Crippen molar-refractivity contribution in [1.29, 1.82) is 0 Å². The Balaban J connectivity index is 2.06. The molecule has 1 aromatic heterocycles. The number of ether oxygens (including phenoxy) is 1. The molecule has 1 amide bonds. The zero-order chi connectivity index (χ0) is 15.2. The van der Waals surface area contributed by atoms with Gasteiger partial charge in [0.1, 0.15) is 11.8 Å². The van der Waals surface area contributed by atoms with E-state index in [4.69, 9.17) is 4.74 Å². The maximum Gasteiger partial charge on any atom is 0.248 e. The molecule has 1 atom stereocenters. The number of carbonyl (C=O) groups is 1. The van der Waals surface area contributed by atoms with Gasteiger partial charge in [-0.1, -0.05) is 19.1 Å². The van der Waals surface area contributed by atoms with Gasteiger partial charge in [0, 0.05) is 5.38 Å². The lowest BCUT2D eigenvalue weighted by atomic mass is 10.2. The van der Waals surface area contributed by atoms with Crippen molar-refractivity contribution in [2.24, 2.45) is 0 Å². The molecule has 2 aromatic rings. The van der Waals surface area contributed by atoms with Gasteiger partial charge in [0.15, 0.2) is 5.13 Å². The molecule has 0 aliphatic carbocycles. The number of methoxy groups -OCH3 is 1. The highest BCUT2D eigenvalue weighted by atomic mass is 32.1. The van der Waals surface area contributed by atoms with E-state index < -0.39 is 0 Å². The van der Waals surface area contributed by atoms with Crippen LogP contribution in [0, 0.1) is 6.92 Å². The summed E-state index contributed by atoms with van der Waals surface area (Å²) in [7, 11) is 1.61. The van der Waals surface area contributed by atoms with Gasteiger partial charge in [0.2, 0.25) is 5.91 Å². The van der Waals surface area contributed by atoms with Crippen LogP contribution in [0.5, 0.6) is 5.75 Å². The molecular formula is C15H19N3O2S. The molecule has 0 fully saturated rings. The summed E-state index contributed by atoms with van der Waals surface area (Å²) < 4.78 is 5.29. The summed E-state index contributed by atoms with van der Waals surface area (Å²) in [5.41, 5.74) is 1.71. The summed E-state index contributed by atoms with van der Waals surface area (Å²) in [6.07, 6.45) is 0.661. The quantitative estimate of drug-likeness (QED) is 0.859. The molecule has 21 heavy (non-hydrogen) atoms. The first-order chi connectivity index (χ1) is 10.1. The number of thiazole rings is 1. The maximum absolute atomic E-state index is 12.3. The van der Waals surface area contributed by atoms with Crippen molar-refractivity contribution in [3.05, 3.63) is 35.3 Å². The molecule has 5 nitrogen and oxygen atoms in total. The van der Waals surface area contributed by atoms with Gasteiger partial charge in [-0.05, 0) is 25.5 Å². The molecular weight excluding hydrogens is 286 g/mol. The van der Waals surface area contributed by atoms with Gasteiger partial charge in [-0.3, -0.25) is 4.79 Å². The molecule has 1 aromatic carbocycles. The molecule has 0 radical (unpaired) electrons. The lowest BCUT2D eigenvalue weighted by Crippen LogP contribution is -2.34. The number of para-hydroxylation sites is 2. The second-order valence-electron chi connectivity index (χ2n) is 4.59. The summed E-state index contributed by atoms with van der Waals surface area (Å²) >= 11 is 1.42. The van der Waals surface area contributed by atoms with Crippen LogP contribution in [0.3, 0.4) is 0 Å². The molecule has 0 spiro atoms. The Morgan fingerprint density at radius 3 is 2.81 bits per heavy atom. The van der Waals surface area contributed by atoms with E-state index in [0.29, 0.717) is 17.3 Å². The lowest BCUT2D eigenvalue weighted by molar-refractivity contribution is -0.116. The standard InChI is InChI=1S/C15H19N3O2S/c1-4-11(14(19)18-15-16-10(2)9-21-15)17-12-7-5-6-8-13(12)20-3/h5-9,11,17H,4H2,1-3H3,(H,16,18,19)/t11-/m1/s1. The van der Waals surface area contributed by atoms with Crippen LogP contribution in [-0.2, 0) is 4.79 Å². The Kier molecular flexibility index (Phi) is 5.16. The molecule has 0 aliphatic rings. The zero-order valence-corrected chi connectivity index (χ0v) is 13.2. The van der Waals surface area contributed by atoms with E-state index in [1.807, 2.05) is 43.5 Å².